The Morgan fingerprint density at radius 2 is 1.89 bits per heavy atom. The van der Waals surface area contributed by atoms with Gasteiger partial charge in [0.1, 0.15) is 6.04 Å². The highest BCUT2D eigenvalue weighted by molar-refractivity contribution is 5.85. The summed E-state index contributed by atoms with van der Waals surface area (Å²) in [6, 6.07) is 13.6. The quantitative estimate of drug-likeness (QED) is 0.867. The first-order valence-electron chi connectivity index (χ1n) is 5.52. The molecule has 3 nitrogen and oxygen atoms in total. The summed E-state index contributed by atoms with van der Waals surface area (Å²) in [6.45, 7) is 0. The van der Waals surface area contributed by atoms with Crippen molar-refractivity contribution >= 4 is 29.1 Å². The van der Waals surface area contributed by atoms with Crippen LogP contribution in [-0.2, 0) is 16.0 Å². The number of ether oxygens (including phenoxy) is 1. The van der Waals surface area contributed by atoms with Crippen molar-refractivity contribution in [3.05, 3.63) is 48.0 Å². The molecule has 2 rings (SSSR count). The zero-order valence-corrected chi connectivity index (χ0v) is 10.9. The number of carbonyl (C=O) groups is 1. The van der Waals surface area contributed by atoms with Gasteiger partial charge in [-0.25, -0.2) is 0 Å². The van der Waals surface area contributed by atoms with Gasteiger partial charge in [-0.05, 0) is 22.8 Å². The normalized spacial score (nSPS) is 11.7. The van der Waals surface area contributed by atoms with Crippen molar-refractivity contribution in [1.82, 2.24) is 0 Å². The molecule has 2 N–H and O–H groups in total. The Hall–Kier alpha value is -1.58. The van der Waals surface area contributed by atoms with E-state index in [4.69, 9.17) is 5.73 Å². The highest BCUT2D eigenvalue weighted by Crippen LogP contribution is 2.16. The van der Waals surface area contributed by atoms with Crippen molar-refractivity contribution < 1.29 is 9.53 Å². The number of rotatable bonds is 3. The number of methoxy groups -OCH3 is 1. The summed E-state index contributed by atoms with van der Waals surface area (Å²) < 4.78 is 4.61. The summed E-state index contributed by atoms with van der Waals surface area (Å²) in [5.74, 6) is -0.377. The van der Waals surface area contributed by atoms with Crippen LogP contribution in [0.4, 0.5) is 0 Å². The Kier molecular flexibility index (Phi) is 5.13. The highest BCUT2D eigenvalue weighted by atomic mass is 35.5. The van der Waals surface area contributed by atoms with Crippen LogP contribution in [0.2, 0.25) is 0 Å². The highest BCUT2D eigenvalue weighted by Gasteiger charge is 2.14. The predicted octanol–water partition coefficient (Wildman–Crippen LogP) is 2.30. The zero-order valence-electron chi connectivity index (χ0n) is 10.1. The molecule has 0 aliphatic rings. The van der Waals surface area contributed by atoms with Crippen molar-refractivity contribution in [2.75, 3.05) is 7.11 Å². The van der Waals surface area contributed by atoms with Crippen molar-refractivity contribution in [3.8, 4) is 0 Å². The second-order valence-corrected chi connectivity index (χ2v) is 4.02. The number of hydrogen-bond donors (Lipinski definition) is 1. The number of hydrogen-bond acceptors (Lipinski definition) is 3. The molecule has 2 aromatic carbocycles. The minimum atomic E-state index is -0.596. The molecule has 1 atom stereocenters. The summed E-state index contributed by atoms with van der Waals surface area (Å²) in [5, 5.41) is 2.34. The smallest absolute Gasteiger partial charge is 0.322 e. The van der Waals surface area contributed by atoms with Gasteiger partial charge in [-0.15, -0.1) is 12.4 Å². The van der Waals surface area contributed by atoms with Crippen LogP contribution in [0.5, 0.6) is 0 Å². The molecule has 18 heavy (non-hydrogen) atoms. The molecule has 0 saturated carbocycles. The van der Waals surface area contributed by atoms with E-state index in [-0.39, 0.29) is 18.4 Å². The van der Waals surface area contributed by atoms with Crippen molar-refractivity contribution in [2.45, 2.75) is 12.5 Å². The molecular formula is C14H16ClNO2. The maximum atomic E-state index is 11.2. The summed E-state index contributed by atoms with van der Waals surface area (Å²) in [5.41, 5.74) is 6.77. The van der Waals surface area contributed by atoms with E-state index in [2.05, 4.69) is 16.9 Å². The third-order valence-electron chi connectivity index (χ3n) is 2.77. The van der Waals surface area contributed by atoms with Gasteiger partial charge >= 0.3 is 5.97 Å². The van der Waals surface area contributed by atoms with E-state index in [1.165, 1.54) is 12.5 Å². The van der Waals surface area contributed by atoms with Crippen LogP contribution in [0.25, 0.3) is 10.8 Å². The van der Waals surface area contributed by atoms with Crippen LogP contribution < -0.4 is 5.73 Å². The molecule has 0 saturated heterocycles. The summed E-state index contributed by atoms with van der Waals surface area (Å²) >= 11 is 0. The van der Waals surface area contributed by atoms with Crippen LogP contribution >= 0.6 is 12.4 Å². The average Bonchev–Trinajstić information content (AvgIpc) is 2.37. The molecule has 2 aromatic rings. The molecule has 0 unspecified atom stereocenters. The first-order chi connectivity index (χ1) is 8.20. The maximum Gasteiger partial charge on any atom is 0.322 e. The standard InChI is InChI=1S/C14H15NO2.ClH/c1-17-14(16)13(15)9-10-6-7-11-4-2-3-5-12(11)8-10;/h2-8,13H,9,15H2,1H3;1H/t13-;/m1./s1. The SMILES string of the molecule is COC(=O)[C@H](N)Cc1ccc2ccccc2c1.Cl. The van der Waals surface area contributed by atoms with Gasteiger partial charge in [0.2, 0.25) is 0 Å². The predicted molar refractivity (Wildman–Crippen MR) is 74.9 cm³/mol. The fraction of sp³-hybridized carbons (Fsp3) is 0.214. The molecule has 4 heteroatoms. The van der Waals surface area contributed by atoms with Crippen LogP contribution in [0, 0.1) is 0 Å². The van der Waals surface area contributed by atoms with E-state index in [9.17, 15) is 4.79 Å². The van der Waals surface area contributed by atoms with E-state index in [0.717, 1.165) is 10.9 Å². The van der Waals surface area contributed by atoms with Crippen LogP contribution in [0.3, 0.4) is 0 Å². The first kappa shape index (κ1) is 14.5. The number of halogens is 1. The van der Waals surface area contributed by atoms with Crippen LogP contribution in [0.1, 0.15) is 5.56 Å². The van der Waals surface area contributed by atoms with E-state index in [0.29, 0.717) is 6.42 Å². The van der Waals surface area contributed by atoms with Crippen molar-refractivity contribution in [3.63, 3.8) is 0 Å². The fourth-order valence-electron chi connectivity index (χ4n) is 1.85. The average molecular weight is 266 g/mol. The molecule has 0 fully saturated rings. The van der Waals surface area contributed by atoms with Gasteiger partial charge in [-0.1, -0.05) is 42.5 Å². The van der Waals surface area contributed by atoms with Gasteiger partial charge in [0.25, 0.3) is 0 Å². The Balaban J connectivity index is 0.00000162. The number of esters is 1. The van der Waals surface area contributed by atoms with Gasteiger partial charge < -0.3 is 10.5 Å². The molecule has 0 aromatic heterocycles. The number of carbonyl (C=O) groups excluding carboxylic acids is 1. The number of nitrogens with two attached hydrogens (primary N) is 1. The number of benzene rings is 2. The largest absolute Gasteiger partial charge is 0.468 e. The Bertz CT molecular complexity index is 542. The van der Waals surface area contributed by atoms with Crippen LogP contribution in [0.15, 0.2) is 42.5 Å². The molecule has 0 heterocycles. The van der Waals surface area contributed by atoms with Crippen LogP contribution in [-0.4, -0.2) is 19.1 Å². The van der Waals surface area contributed by atoms with Gasteiger partial charge in [-0.2, -0.15) is 0 Å². The van der Waals surface area contributed by atoms with E-state index in [1.807, 2.05) is 30.3 Å². The summed E-state index contributed by atoms with van der Waals surface area (Å²) in [6.07, 6.45) is 0.498. The minimum absolute atomic E-state index is 0. The third kappa shape index (κ3) is 3.22. The van der Waals surface area contributed by atoms with Crippen molar-refractivity contribution in [1.29, 1.82) is 0 Å². The maximum absolute atomic E-state index is 11.2. The van der Waals surface area contributed by atoms with Crippen molar-refractivity contribution in [2.24, 2.45) is 5.73 Å². The third-order valence-corrected chi connectivity index (χ3v) is 2.77. The molecular weight excluding hydrogens is 250 g/mol. The second kappa shape index (κ2) is 6.38. The molecule has 0 bridgehead atoms. The van der Waals surface area contributed by atoms with Gasteiger partial charge in [-0.3, -0.25) is 4.79 Å². The molecule has 96 valence electrons. The lowest BCUT2D eigenvalue weighted by molar-refractivity contribution is -0.142. The Morgan fingerprint density at radius 1 is 1.22 bits per heavy atom. The monoisotopic (exact) mass is 265 g/mol. The Morgan fingerprint density at radius 3 is 2.56 bits per heavy atom. The second-order valence-electron chi connectivity index (χ2n) is 4.02. The van der Waals surface area contributed by atoms with E-state index in [1.54, 1.807) is 0 Å². The lowest BCUT2D eigenvalue weighted by Crippen LogP contribution is -2.33. The van der Waals surface area contributed by atoms with Gasteiger partial charge in [0.05, 0.1) is 7.11 Å². The molecule has 0 radical (unpaired) electrons. The van der Waals surface area contributed by atoms with Gasteiger partial charge in [0.15, 0.2) is 0 Å². The molecule has 0 aliphatic carbocycles. The molecule has 0 spiro atoms. The fourth-order valence-corrected chi connectivity index (χ4v) is 1.85. The summed E-state index contributed by atoms with van der Waals surface area (Å²) in [7, 11) is 1.35. The van der Waals surface area contributed by atoms with Gasteiger partial charge in [0, 0.05) is 0 Å². The topological polar surface area (TPSA) is 52.3 Å². The zero-order chi connectivity index (χ0) is 12.3. The minimum Gasteiger partial charge on any atom is -0.468 e. The molecule has 0 aliphatic heterocycles. The van der Waals surface area contributed by atoms with E-state index >= 15 is 0 Å². The first-order valence-corrected chi connectivity index (χ1v) is 5.52. The summed E-state index contributed by atoms with van der Waals surface area (Å²) in [4.78, 5) is 11.2. The van der Waals surface area contributed by atoms with E-state index < -0.39 is 6.04 Å². The lowest BCUT2D eigenvalue weighted by Gasteiger charge is -2.09. The number of fused-ring (bicyclic) bond motifs is 1. The Labute approximate surface area is 112 Å². The lowest BCUT2D eigenvalue weighted by atomic mass is 10.0. The molecule has 0 amide bonds.